The van der Waals surface area contributed by atoms with Crippen molar-refractivity contribution in [2.75, 3.05) is 0 Å². The van der Waals surface area contributed by atoms with Crippen LogP contribution in [0.3, 0.4) is 0 Å². The van der Waals surface area contributed by atoms with E-state index in [2.05, 4.69) is 135 Å². The summed E-state index contributed by atoms with van der Waals surface area (Å²) in [6.45, 7) is 20.8. The smallest absolute Gasteiger partial charge is 0.00943 e. The van der Waals surface area contributed by atoms with Gasteiger partial charge in [-0.25, -0.2) is 0 Å². The van der Waals surface area contributed by atoms with Crippen LogP contribution in [0.5, 0.6) is 0 Å². The fraction of sp³-hybridized carbons (Fsp3) is 0.385. The van der Waals surface area contributed by atoms with Crippen molar-refractivity contribution in [1.29, 1.82) is 0 Å². The molecule has 41 heavy (non-hydrogen) atoms. The maximum Gasteiger partial charge on any atom is -0.00943 e. The van der Waals surface area contributed by atoms with Gasteiger partial charge in [0.05, 0.1) is 0 Å². The van der Waals surface area contributed by atoms with E-state index in [1.807, 2.05) is 0 Å². The maximum absolute atomic E-state index is 2.61. The zero-order valence-corrected chi connectivity index (χ0v) is 28.5. The summed E-state index contributed by atoms with van der Waals surface area (Å²) in [5.74, 6) is 0.704. The lowest BCUT2D eigenvalue weighted by atomic mass is 10.0. The molecule has 5 rings (SSSR count). The molecule has 0 heterocycles. The van der Waals surface area contributed by atoms with E-state index in [1.165, 1.54) is 63.8 Å². The predicted molar refractivity (Wildman–Crippen MR) is 187 cm³/mol. The third kappa shape index (κ3) is 6.87. The van der Waals surface area contributed by atoms with Crippen molar-refractivity contribution in [2.45, 2.75) is 92.9 Å². The van der Waals surface area contributed by atoms with Crippen LogP contribution < -0.4 is 21.2 Å². The van der Waals surface area contributed by atoms with Gasteiger partial charge < -0.3 is 0 Å². The third-order valence-corrected chi connectivity index (χ3v) is 14.6. The topological polar surface area (TPSA) is 0 Å². The van der Waals surface area contributed by atoms with Crippen molar-refractivity contribution in [3.8, 4) is 0 Å². The molecule has 1 fully saturated rings. The highest BCUT2D eigenvalue weighted by Crippen LogP contribution is 2.56. The Hall–Kier alpha value is -2.26. The Balaban J connectivity index is 1.65. The minimum atomic E-state index is -0.492. The van der Waals surface area contributed by atoms with Gasteiger partial charge in [0.15, 0.2) is 0 Å². The summed E-state index contributed by atoms with van der Waals surface area (Å²) in [7, 11) is -0.957. The first-order chi connectivity index (χ1) is 19.5. The van der Waals surface area contributed by atoms with Gasteiger partial charge in [-0.05, 0) is 123 Å². The molecule has 0 amide bonds. The van der Waals surface area contributed by atoms with E-state index in [0.29, 0.717) is 17.2 Å². The molecule has 214 valence electrons. The van der Waals surface area contributed by atoms with Crippen LogP contribution in [0.4, 0.5) is 0 Å². The zero-order valence-electron chi connectivity index (χ0n) is 26.7. The summed E-state index contributed by atoms with van der Waals surface area (Å²) in [6, 6.07) is 29.4. The Bertz CT molecular complexity index is 1360. The molecule has 0 saturated heterocycles. The normalized spacial score (nSPS) is 17.9. The lowest BCUT2D eigenvalue weighted by molar-refractivity contribution is 0.548. The highest BCUT2D eigenvalue weighted by Gasteiger charge is 2.41. The van der Waals surface area contributed by atoms with Crippen molar-refractivity contribution in [2.24, 2.45) is 5.92 Å². The van der Waals surface area contributed by atoms with Crippen LogP contribution in [-0.4, -0.2) is 11.3 Å². The number of benzene rings is 4. The summed E-state index contributed by atoms with van der Waals surface area (Å²) in [5, 5.41) is 6.27. The summed E-state index contributed by atoms with van der Waals surface area (Å²) in [6.07, 6.45) is 4.02. The molecule has 0 radical (unpaired) electrons. The van der Waals surface area contributed by atoms with Gasteiger partial charge in [0.1, 0.15) is 0 Å². The Morgan fingerprint density at radius 1 is 0.463 bits per heavy atom. The third-order valence-electron chi connectivity index (χ3n) is 8.83. The Kier molecular flexibility index (Phi) is 9.24. The van der Waals surface area contributed by atoms with Crippen LogP contribution in [0.15, 0.2) is 72.8 Å². The van der Waals surface area contributed by atoms with E-state index >= 15 is 0 Å². The van der Waals surface area contributed by atoms with E-state index in [9.17, 15) is 0 Å². The van der Waals surface area contributed by atoms with Crippen LogP contribution in [-0.2, 0) is 0 Å². The van der Waals surface area contributed by atoms with Gasteiger partial charge in [-0.15, -0.1) is 0 Å². The minimum absolute atomic E-state index is 0.466. The average Bonchev–Trinajstić information content (AvgIpc) is 3.31. The summed E-state index contributed by atoms with van der Waals surface area (Å²) < 4.78 is 0. The first-order valence-corrected chi connectivity index (χ1v) is 18.2. The average molecular weight is 579 g/mol. The van der Waals surface area contributed by atoms with Crippen LogP contribution in [0.25, 0.3) is 0 Å². The molecule has 4 aromatic carbocycles. The van der Waals surface area contributed by atoms with E-state index in [4.69, 9.17) is 0 Å². The molecular formula is C39H48P2. The Labute approximate surface area is 252 Å². The van der Waals surface area contributed by atoms with E-state index < -0.39 is 15.8 Å². The Morgan fingerprint density at radius 3 is 1.12 bits per heavy atom. The molecule has 4 aromatic rings. The van der Waals surface area contributed by atoms with Gasteiger partial charge in [0, 0.05) is 0 Å². The number of aryl methyl sites for hydroxylation is 8. The van der Waals surface area contributed by atoms with Crippen LogP contribution in [0, 0.1) is 61.3 Å². The zero-order chi connectivity index (χ0) is 29.4. The minimum Gasteiger partial charge on any atom is -0.0576 e. The molecule has 0 N–H and O–H groups in total. The Morgan fingerprint density at radius 2 is 0.780 bits per heavy atom. The monoisotopic (exact) mass is 578 g/mol. The van der Waals surface area contributed by atoms with Crippen molar-refractivity contribution < 1.29 is 0 Å². The summed E-state index contributed by atoms with van der Waals surface area (Å²) in [4.78, 5) is 0. The summed E-state index contributed by atoms with van der Waals surface area (Å²) >= 11 is 0. The van der Waals surface area contributed by atoms with Gasteiger partial charge in [-0.2, -0.15) is 0 Å². The fourth-order valence-electron chi connectivity index (χ4n) is 7.55. The molecule has 0 spiro atoms. The molecule has 0 nitrogen and oxygen atoms in total. The number of rotatable bonds is 7. The van der Waals surface area contributed by atoms with Gasteiger partial charge in [-0.1, -0.05) is 131 Å². The first kappa shape index (κ1) is 30.2. The van der Waals surface area contributed by atoms with Gasteiger partial charge in [-0.3, -0.25) is 0 Å². The second kappa shape index (κ2) is 12.5. The van der Waals surface area contributed by atoms with Gasteiger partial charge >= 0.3 is 0 Å². The van der Waals surface area contributed by atoms with Gasteiger partial charge in [0.25, 0.3) is 0 Å². The number of hydrogen-bond donors (Lipinski definition) is 0. The molecule has 2 unspecified atom stereocenters. The largest absolute Gasteiger partial charge is 0.0576 e. The lowest BCUT2D eigenvalue weighted by Gasteiger charge is -2.38. The molecule has 0 bridgehead atoms. The van der Waals surface area contributed by atoms with E-state index in [0.717, 1.165) is 0 Å². The van der Waals surface area contributed by atoms with E-state index in [-0.39, 0.29) is 0 Å². The molecule has 2 heteroatoms. The molecular weight excluding hydrogens is 530 g/mol. The fourth-order valence-corrected chi connectivity index (χ4v) is 14.7. The van der Waals surface area contributed by atoms with Crippen molar-refractivity contribution in [3.05, 3.63) is 117 Å². The predicted octanol–water partition coefficient (Wildman–Crippen LogP) is 9.28. The van der Waals surface area contributed by atoms with Crippen LogP contribution in [0.1, 0.15) is 70.7 Å². The second-order valence-electron chi connectivity index (χ2n) is 13.0. The maximum atomic E-state index is 2.61. The van der Waals surface area contributed by atoms with Crippen LogP contribution >= 0.6 is 15.8 Å². The lowest BCUT2D eigenvalue weighted by Crippen LogP contribution is -2.33. The molecule has 1 aliphatic rings. The highest BCUT2D eigenvalue weighted by molar-refractivity contribution is 7.74. The first-order valence-electron chi connectivity index (χ1n) is 15.4. The van der Waals surface area contributed by atoms with E-state index in [1.54, 1.807) is 21.2 Å². The quantitative estimate of drug-likeness (QED) is 0.192. The van der Waals surface area contributed by atoms with Crippen molar-refractivity contribution in [3.63, 3.8) is 0 Å². The second-order valence-corrected chi connectivity index (χ2v) is 18.0. The standard InChI is InChI=1S/C39H48P2/c1-25-13-26(2)18-34(17-25)40(35-19-27(3)14-28(4)20-35)33(9)38-11-10-12-39(38)41(36-21-29(5)15-30(6)22-36)37-23-31(7)16-32(8)24-37/h13-24,33,38-39H,10-12H2,1-9H3/t33?,38?,39-/m0/s1. The van der Waals surface area contributed by atoms with Crippen LogP contribution in [0.2, 0.25) is 0 Å². The summed E-state index contributed by atoms with van der Waals surface area (Å²) in [5.41, 5.74) is 12.4. The number of hydrogen-bond acceptors (Lipinski definition) is 0. The highest BCUT2D eigenvalue weighted by atomic mass is 31.1. The SMILES string of the molecule is Cc1cc(C)cc(P(c2cc(C)cc(C)c2)C(C)C2CCC[C@@H]2P(c2cc(C)cc(C)c2)c2cc(C)cc(C)c2)c1. The van der Waals surface area contributed by atoms with Gasteiger partial charge in [0.2, 0.25) is 0 Å². The molecule has 3 atom stereocenters. The molecule has 0 aromatic heterocycles. The molecule has 1 aliphatic carbocycles. The molecule has 0 aliphatic heterocycles. The molecule has 1 saturated carbocycles. The van der Waals surface area contributed by atoms with Crippen molar-refractivity contribution >= 4 is 37.1 Å². The van der Waals surface area contributed by atoms with Crippen molar-refractivity contribution in [1.82, 2.24) is 0 Å².